The molecule has 34 heavy (non-hydrogen) atoms. The van der Waals surface area contributed by atoms with Crippen LogP contribution < -0.4 is 10.2 Å². The van der Waals surface area contributed by atoms with Gasteiger partial charge in [0.05, 0.1) is 5.69 Å². The van der Waals surface area contributed by atoms with E-state index < -0.39 is 11.6 Å². The summed E-state index contributed by atoms with van der Waals surface area (Å²) in [7, 11) is 0. The maximum Gasteiger partial charge on any atom is 0.259 e. The van der Waals surface area contributed by atoms with Crippen LogP contribution in [0.4, 0.5) is 5.69 Å². The Kier molecular flexibility index (Phi) is 6.49. The first-order valence-corrected chi connectivity index (χ1v) is 12.0. The van der Waals surface area contributed by atoms with E-state index in [4.69, 9.17) is 0 Å². The lowest BCUT2D eigenvalue weighted by Gasteiger charge is -2.32. The van der Waals surface area contributed by atoms with Crippen molar-refractivity contribution < 1.29 is 14.4 Å². The van der Waals surface area contributed by atoms with Crippen LogP contribution in [0.25, 0.3) is 10.8 Å². The number of carbonyl (C=O) groups is 3. The van der Waals surface area contributed by atoms with Gasteiger partial charge < -0.3 is 10.2 Å². The molecule has 1 aliphatic heterocycles. The van der Waals surface area contributed by atoms with Crippen LogP contribution in [0.15, 0.2) is 65.1 Å². The molecule has 1 atom stereocenters. The number of amides is 3. The van der Waals surface area contributed by atoms with Gasteiger partial charge in [0.2, 0.25) is 11.8 Å². The van der Waals surface area contributed by atoms with E-state index in [9.17, 15) is 14.4 Å². The molecule has 0 spiro atoms. The number of carbonyl (C=O) groups excluding carboxylic acids is 3. The van der Waals surface area contributed by atoms with Gasteiger partial charge in [-0.1, -0.05) is 52.3 Å². The molecule has 176 valence electrons. The van der Waals surface area contributed by atoms with Crippen LogP contribution in [-0.2, 0) is 16.1 Å². The van der Waals surface area contributed by atoms with Crippen molar-refractivity contribution in [1.29, 1.82) is 0 Å². The van der Waals surface area contributed by atoms with E-state index in [1.54, 1.807) is 17.9 Å². The first kappa shape index (κ1) is 24.0. The SMILES string of the molecule is C[C@@H](C(=O)NC(C)(C)C)N(Cc1ccc(Br)cc1)C(=O)CN1C(=O)c2cccc3cccc1c23. The van der Waals surface area contributed by atoms with Gasteiger partial charge in [-0.3, -0.25) is 19.3 Å². The molecule has 4 rings (SSSR count). The Morgan fingerprint density at radius 2 is 1.68 bits per heavy atom. The number of halogens is 1. The van der Waals surface area contributed by atoms with E-state index in [1.165, 1.54) is 4.90 Å². The van der Waals surface area contributed by atoms with Gasteiger partial charge in [-0.25, -0.2) is 0 Å². The summed E-state index contributed by atoms with van der Waals surface area (Å²) in [6.07, 6.45) is 0. The number of nitrogens with zero attached hydrogens (tertiary/aromatic N) is 2. The summed E-state index contributed by atoms with van der Waals surface area (Å²) in [5, 5.41) is 4.78. The highest BCUT2D eigenvalue weighted by Gasteiger charge is 2.34. The Morgan fingerprint density at radius 3 is 2.32 bits per heavy atom. The first-order valence-electron chi connectivity index (χ1n) is 11.2. The molecule has 1 N–H and O–H groups in total. The van der Waals surface area contributed by atoms with Gasteiger partial charge in [0.1, 0.15) is 12.6 Å². The normalized spacial score (nSPS) is 13.8. The molecule has 3 amide bonds. The Balaban J connectivity index is 1.63. The predicted molar refractivity (Wildman–Crippen MR) is 138 cm³/mol. The van der Waals surface area contributed by atoms with Crippen LogP contribution in [-0.4, -0.2) is 40.7 Å². The summed E-state index contributed by atoms with van der Waals surface area (Å²) in [4.78, 5) is 42.9. The molecule has 0 unspecified atom stereocenters. The third-order valence-corrected chi connectivity index (χ3v) is 6.40. The Hall–Kier alpha value is -3.19. The van der Waals surface area contributed by atoms with Gasteiger partial charge in [0, 0.05) is 27.5 Å². The van der Waals surface area contributed by atoms with E-state index >= 15 is 0 Å². The minimum atomic E-state index is -0.716. The van der Waals surface area contributed by atoms with Crippen molar-refractivity contribution in [3.8, 4) is 0 Å². The van der Waals surface area contributed by atoms with Gasteiger partial charge in [-0.2, -0.15) is 0 Å². The number of anilines is 1. The van der Waals surface area contributed by atoms with Crippen molar-refractivity contribution in [2.45, 2.75) is 45.8 Å². The largest absolute Gasteiger partial charge is 0.350 e. The van der Waals surface area contributed by atoms with E-state index in [-0.39, 0.29) is 30.8 Å². The molecule has 7 heteroatoms. The standard InChI is InChI=1S/C27H28BrN3O3/c1-17(25(33)29-27(2,3)4)30(15-18-11-13-20(28)14-12-18)23(32)16-31-22-10-6-8-19-7-5-9-21(24(19)22)26(31)34/h5-14,17H,15-16H2,1-4H3,(H,29,33)/t17-/m0/s1. The zero-order valence-electron chi connectivity index (χ0n) is 19.8. The summed E-state index contributed by atoms with van der Waals surface area (Å²) in [6, 6.07) is 18.2. The van der Waals surface area contributed by atoms with Gasteiger partial charge >= 0.3 is 0 Å². The molecule has 0 bridgehead atoms. The quantitative estimate of drug-likeness (QED) is 0.501. The number of rotatable bonds is 6. The van der Waals surface area contributed by atoms with E-state index in [0.29, 0.717) is 5.56 Å². The lowest BCUT2D eigenvalue weighted by molar-refractivity contribution is -0.140. The smallest absolute Gasteiger partial charge is 0.259 e. The molecule has 1 heterocycles. The van der Waals surface area contributed by atoms with Crippen molar-refractivity contribution in [3.05, 3.63) is 76.3 Å². The molecule has 0 radical (unpaired) electrons. The van der Waals surface area contributed by atoms with Crippen molar-refractivity contribution in [2.24, 2.45) is 0 Å². The highest BCUT2D eigenvalue weighted by atomic mass is 79.9. The molecule has 0 saturated carbocycles. The van der Waals surface area contributed by atoms with Gasteiger partial charge in [-0.15, -0.1) is 0 Å². The predicted octanol–water partition coefficient (Wildman–Crippen LogP) is 4.89. The molecule has 0 aliphatic carbocycles. The van der Waals surface area contributed by atoms with Crippen molar-refractivity contribution in [3.63, 3.8) is 0 Å². The summed E-state index contributed by atoms with van der Waals surface area (Å²) in [5.74, 6) is -0.732. The minimum Gasteiger partial charge on any atom is -0.350 e. The fourth-order valence-corrected chi connectivity index (χ4v) is 4.47. The number of hydrogen-bond donors (Lipinski definition) is 1. The Labute approximate surface area is 208 Å². The second-order valence-corrected chi connectivity index (χ2v) is 10.6. The van der Waals surface area contributed by atoms with Crippen LogP contribution in [0.2, 0.25) is 0 Å². The highest BCUT2D eigenvalue weighted by molar-refractivity contribution is 9.10. The monoisotopic (exact) mass is 521 g/mol. The van der Waals surface area contributed by atoms with Crippen LogP contribution in [0.3, 0.4) is 0 Å². The fourth-order valence-electron chi connectivity index (χ4n) is 4.21. The van der Waals surface area contributed by atoms with E-state index in [0.717, 1.165) is 26.5 Å². The molecule has 3 aromatic carbocycles. The highest BCUT2D eigenvalue weighted by Crippen LogP contribution is 2.37. The average molecular weight is 522 g/mol. The Morgan fingerprint density at radius 1 is 1.03 bits per heavy atom. The van der Waals surface area contributed by atoms with Crippen molar-refractivity contribution >= 4 is 50.1 Å². The average Bonchev–Trinajstić information content (AvgIpc) is 3.05. The molecule has 0 saturated heterocycles. The summed E-state index contributed by atoms with van der Waals surface area (Å²) in [5.41, 5.74) is 1.78. The number of hydrogen-bond acceptors (Lipinski definition) is 3. The summed E-state index contributed by atoms with van der Waals surface area (Å²) < 4.78 is 0.932. The molecule has 0 aromatic heterocycles. The van der Waals surface area contributed by atoms with Gasteiger partial charge in [-0.05, 0) is 62.9 Å². The summed E-state index contributed by atoms with van der Waals surface area (Å²) in [6.45, 7) is 7.54. The fraction of sp³-hybridized carbons (Fsp3) is 0.296. The van der Waals surface area contributed by atoms with Crippen molar-refractivity contribution in [2.75, 3.05) is 11.4 Å². The second kappa shape index (κ2) is 9.22. The lowest BCUT2D eigenvalue weighted by Crippen LogP contribution is -2.54. The van der Waals surface area contributed by atoms with E-state index in [1.807, 2.05) is 75.4 Å². The molecular weight excluding hydrogens is 494 g/mol. The van der Waals surface area contributed by atoms with Gasteiger partial charge in [0.25, 0.3) is 5.91 Å². The topological polar surface area (TPSA) is 69.7 Å². The van der Waals surface area contributed by atoms with E-state index in [2.05, 4.69) is 21.2 Å². The second-order valence-electron chi connectivity index (χ2n) is 9.64. The van der Waals surface area contributed by atoms with Crippen LogP contribution in [0, 0.1) is 0 Å². The van der Waals surface area contributed by atoms with Crippen LogP contribution in [0.1, 0.15) is 43.6 Å². The summed E-state index contributed by atoms with van der Waals surface area (Å²) >= 11 is 3.43. The maximum atomic E-state index is 13.6. The molecule has 3 aromatic rings. The third-order valence-electron chi connectivity index (χ3n) is 5.87. The molecule has 1 aliphatic rings. The zero-order valence-corrected chi connectivity index (χ0v) is 21.3. The molecular formula is C27H28BrN3O3. The molecule has 6 nitrogen and oxygen atoms in total. The van der Waals surface area contributed by atoms with Crippen LogP contribution in [0.5, 0.6) is 0 Å². The van der Waals surface area contributed by atoms with Crippen LogP contribution >= 0.6 is 15.9 Å². The minimum absolute atomic E-state index is 0.143. The lowest BCUT2D eigenvalue weighted by atomic mass is 10.1. The zero-order chi connectivity index (χ0) is 24.6. The number of benzene rings is 3. The van der Waals surface area contributed by atoms with Crippen molar-refractivity contribution in [1.82, 2.24) is 10.2 Å². The number of nitrogens with one attached hydrogen (secondary N) is 1. The Bertz CT molecular complexity index is 1260. The first-order chi connectivity index (χ1) is 16.0. The van der Waals surface area contributed by atoms with Gasteiger partial charge in [0.15, 0.2) is 0 Å². The molecule has 0 fully saturated rings. The third kappa shape index (κ3) is 4.85. The maximum absolute atomic E-state index is 13.6.